The van der Waals surface area contributed by atoms with Crippen LogP contribution in [0.4, 0.5) is 4.39 Å². The number of rotatable bonds is 6. The summed E-state index contributed by atoms with van der Waals surface area (Å²) in [5.41, 5.74) is 2.87. The van der Waals surface area contributed by atoms with Gasteiger partial charge in [0.15, 0.2) is 15.8 Å². The quantitative estimate of drug-likeness (QED) is 0.540. The molecule has 2 aromatic rings. The average molecular weight is 432 g/mol. The number of halogens is 1. The summed E-state index contributed by atoms with van der Waals surface area (Å²) in [6.07, 6.45) is 5.68. The summed E-state index contributed by atoms with van der Waals surface area (Å²) >= 11 is 0. The Morgan fingerprint density at radius 2 is 1.77 bits per heavy atom. The fourth-order valence-corrected chi connectivity index (χ4v) is 5.28. The van der Waals surface area contributed by atoms with E-state index in [0.717, 1.165) is 48.9 Å². The second kappa shape index (κ2) is 9.16. The summed E-state index contributed by atoms with van der Waals surface area (Å²) in [6, 6.07) is 12.2. The molecule has 162 valence electrons. The molecule has 1 fully saturated rings. The van der Waals surface area contributed by atoms with Crippen molar-refractivity contribution in [1.29, 1.82) is 0 Å². The van der Waals surface area contributed by atoms with Gasteiger partial charge >= 0.3 is 0 Å². The summed E-state index contributed by atoms with van der Waals surface area (Å²) in [5, 5.41) is 6.74. The van der Waals surface area contributed by atoms with E-state index >= 15 is 0 Å². The third-order valence-corrected chi connectivity index (χ3v) is 7.19. The molecule has 0 heterocycles. The molecule has 0 bridgehead atoms. The van der Waals surface area contributed by atoms with E-state index in [4.69, 9.17) is 0 Å². The van der Waals surface area contributed by atoms with Gasteiger partial charge in [-0.3, -0.25) is 4.99 Å². The van der Waals surface area contributed by atoms with Crippen molar-refractivity contribution < 1.29 is 12.8 Å². The molecule has 1 aliphatic rings. The van der Waals surface area contributed by atoms with E-state index < -0.39 is 9.84 Å². The van der Waals surface area contributed by atoms with Gasteiger partial charge in [0.05, 0.1) is 4.90 Å². The molecule has 2 aromatic carbocycles. The van der Waals surface area contributed by atoms with Gasteiger partial charge in [-0.1, -0.05) is 37.1 Å². The highest BCUT2D eigenvalue weighted by molar-refractivity contribution is 7.90. The largest absolute Gasteiger partial charge is 0.356 e. The number of sulfone groups is 1. The first-order valence-corrected chi connectivity index (χ1v) is 12.1. The Morgan fingerprint density at radius 1 is 1.10 bits per heavy atom. The average Bonchev–Trinajstić information content (AvgIpc) is 3.18. The fraction of sp³-hybridized carbons (Fsp3) is 0.435. The van der Waals surface area contributed by atoms with Gasteiger partial charge in [-0.2, -0.15) is 0 Å². The lowest BCUT2D eigenvalue weighted by Crippen LogP contribution is -2.44. The van der Waals surface area contributed by atoms with Crippen LogP contribution in [0.25, 0.3) is 0 Å². The van der Waals surface area contributed by atoms with Gasteiger partial charge in [-0.15, -0.1) is 0 Å². The molecule has 0 saturated heterocycles. The smallest absolute Gasteiger partial charge is 0.191 e. The van der Waals surface area contributed by atoms with Crippen LogP contribution in [0.2, 0.25) is 0 Å². The number of nitrogens with zero attached hydrogens (tertiary/aromatic N) is 1. The summed E-state index contributed by atoms with van der Waals surface area (Å²) in [4.78, 5) is 4.68. The van der Waals surface area contributed by atoms with Gasteiger partial charge in [-0.25, -0.2) is 12.8 Å². The van der Waals surface area contributed by atoms with Crippen LogP contribution in [0.3, 0.4) is 0 Å². The molecule has 3 rings (SSSR count). The number of hydrogen-bond donors (Lipinski definition) is 2. The van der Waals surface area contributed by atoms with Crippen LogP contribution in [0.15, 0.2) is 52.4 Å². The van der Waals surface area contributed by atoms with E-state index in [9.17, 15) is 12.8 Å². The standard InChI is InChI=1S/C23H30FN3O2S/c1-17-14-18(6-11-21(17)30(3,28)29)15-26-22(25-2)27-16-23(12-4-5-13-23)19-7-9-20(24)10-8-19/h6-11,14H,4-5,12-13,15-16H2,1-3H3,(H2,25,26,27). The highest BCUT2D eigenvalue weighted by Crippen LogP contribution is 2.40. The molecule has 5 nitrogen and oxygen atoms in total. The lowest BCUT2D eigenvalue weighted by atomic mass is 9.79. The maximum Gasteiger partial charge on any atom is 0.191 e. The summed E-state index contributed by atoms with van der Waals surface area (Å²) in [7, 11) is -1.49. The lowest BCUT2D eigenvalue weighted by molar-refractivity contribution is 0.431. The van der Waals surface area contributed by atoms with Crippen molar-refractivity contribution in [1.82, 2.24) is 10.6 Å². The van der Waals surface area contributed by atoms with Crippen LogP contribution in [0.1, 0.15) is 42.4 Å². The minimum Gasteiger partial charge on any atom is -0.356 e. The molecule has 0 atom stereocenters. The molecule has 2 N–H and O–H groups in total. The Labute approximate surface area is 178 Å². The van der Waals surface area contributed by atoms with Gasteiger partial charge in [0.1, 0.15) is 5.82 Å². The Bertz CT molecular complexity index is 1010. The second-order valence-corrected chi connectivity index (χ2v) is 10.1. The number of guanidine groups is 1. The van der Waals surface area contributed by atoms with Crippen LogP contribution in [0.5, 0.6) is 0 Å². The van der Waals surface area contributed by atoms with Crippen LogP contribution in [-0.4, -0.2) is 34.2 Å². The molecular formula is C23H30FN3O2S. The topological polar surface area (TPSA) is 70.6 Å². The summed E-state index contributed by atoms with van der Waals surface area (Å²) in [5.74, 6) is 0.475. The number of aliphatic imine (C=N–C) groups is 1. The number of hydrogen-bond acceptors (Lipinski definition) is 3. The van der Waals surface area contributed by atoms with E-state index in [1.54, 1.807) is 20.0 Å². The fourth-order valence-electron chi connectivity index (χ4n) is 4.32. The second-order valence-electron chi connectivity index (χ2n) is 8.15. The van der Waals surface area contributed by atoms with Crippen molar-refractivity contribution in [3.63, 3.8) is 0 Å². The van der Waals surface area contributed by atoms with Gasteiger partial charge in [0.2, 0.25) is 0 Å². The molecule has 7 heteroatoms. The van der Waals surface area contributed by atoms with Crippen LogP contribution in [-0.2, 0) is 21.8 Å². The molecule has 0 radical (unpaired) electrons. The molecule has 0 aromatic heterocycles. The van der Waals surface area contributed by atoms with E-state index in [0.29, 0.717) is 17.4 Å². The number of nitrogens with one attached hydrogen (secondary N) is 2. The van der Waals surface area contributed by atoms with Crippen molar-refractivity contribution in [2.24, 2.45) is 4.99 Å². The third-order valence-electron chi connectivity index (χ3n) is 5.93. The Hall–Kier alpha value is -2.41. The van der Waals surface area contributed by atoms with Crippen molar-refractivity contribution >= 4 is 15.8 Å². The molecular weight excluding hydrogens is 401 g/mol. The Kier molecular flexibility index (Phi) is 6.81. The predicted molar refractivity (Wildman–Crippen MR) is 119 cm³/mol. The number of benzene rings is 2. The summed E-state index contributed by atoms with van der Waals surface area (Å²) < 4.78 is 36.9. The van der Waals surface area contributed by atoms with Crippen molar-refractivity contribution in [3.05, 3.63) is 65.0 Å². The first kappa shape index (κ1) is 22.3. The van der Waals surface area contributed by atoms with E-state index in [-0.39, 0.29) is 11.2 Å². The predicted octanol–water partition coefficient (Wildman–Crippen LogP) is 3.71. The minimum atomic E-state index is -3.22. The monoisotopic (exact) mass is 431 g/mol. The number of aryl methyl sites for hydroxylation is 1. The Morgan fingerprint density at radius 3 is 2.33 bits per heavy atom. The maximum absolute atomic E-state index is 13.4. The molecule has 1 aliphatic carbocycles. The zero-order valence-corrected chi connectivity index (χ0v) is 18.7. The highest BCUT2D eigenvalue weighted by Gasteiger charge is 2.35. The van der Waals surface area contributed by atoms with Gasteiger partial charge in [-0.05, 0) is 54.7 Å². The normalized spacial score (nSPS) is 16.5. The molecule has 0 aliphatic heterocycles. The Balaban J connectivity index is 1.64. The molecule has 0 amide bonds. The third kappa shape index (κ3) is 5.19. The molecule has 1 saturated carbocycles. The van der Waals surface area contributed by atoms with Gasteiger partial charge in [0, 0.05) is 31.8 Å². The van der Waals surface area contributed by atoms with Crippen LogP contribution >= 0.6 is 0 Å². The van der Waals surface area contributed by atoms with E-state index in [1.165, 1.54) is 18.4 Å². The zero-order valence-electron chi connectivity index (χ0n) is 17.8. The zero-order chi connectivity index (χ0) is 21.8. The molecule has 30 heavy (non-hydrogen) atoms. The SMILES string of the molecule is CN=C(NCc1ccc(S(C)(=O)=O)c(C)c1)NCC1(c2ccc(F)cc2)CCCC1. The van der Waals surface area contributed by atoms with E-state index in [1.807, 2.05) is 24.3 Å². The summed E-state index contributed by atoms with van der Waals surface area (Å²) in [6.45, 7) is 3.07. The van der Waals surface area contributed by atoms with Gasteiger partial charge in [0.25, 0.3) is 0 Å². The van der Waals surface area contributed by atoms with Crippen LogP contribution in [0, 0.1) is 12.7 Å². The van der Waals surface area contributed by atoms with E-state index in [2.05, 4.69) is 15.6 Å². The van der Waals surface area contributed by atoms with Crippen molar-refractivity contribution in [2.75, 3.05) is 19.8 Å². The minimum absolute atomic E-state index is 0.0148. The molecule has 0 spiro atoms. The highest BCUT2D eigenvalue weighted by atomic mass is 32.2. The van der Waals surface area contributed by atoms with Crippen molar-refractivity contribution in [3.8, 4) is 0 Å². The van der Waals surface area contributed by atoms with Gasteiger partial charge < -0.3 is 10.6 Å². The van der Waals surface area contributed by atoms with Crippen LogP contribution < -0.4 is 10.6 Å². The van der Waals surface area contributed by atoms with Crippen molar-refractivity contribution in [2.45, 2.75) is 49.5 Å². The first-order valence-electron chi connectivity index (χ1n) is 10.2. The lowest BCUT2D eigenvalue weighted by Gasteiger charge is -2.31. The maximum atomic E-state index is 13.4. The molecule has 0 unspecified atom stereocenters. The first-order chi connectivity index (χ1) is 14.2.